The topological polar surface area (TPSA) is 104 Å². The molecule has 1 aliphatic rings. The van der Waals surface area contributed by atoms with Crippen LogP contribution in [-0.4, -0.2) is 43.1 Å². The van der Waals surface area contributed by atoms with E-state index in [0.29, 0.717) is 12.1 Å². The lowest BCUT2D eigenvalue weighted by Gasteiger charge is -2.19. The van der Waals surface area contributed by atoms with E-state index >= 15 is 0 Å². The minimum absolute atomic E-state index is 0.0370. The lowest BCUT2D eigenvalue weighted by molar-refractivity contribution is -0.0164. The van der Waals surface area contributed by atoms with Crippen molar-refractivity contribution in [2.75, 3.05) is 0 Å². The van der Waals surface area contributed by atoms with E-state index in [1.165, 1.54) is 18.5 Å². The molecular formula is C19H17FN4O3. The van der Waals surface area contributed by atoms with Crippen LogP contribution >= 0.6 is 0 Å². The highest BCUT2D eigenvalue weighted by atomic mass is 19.1. The Bertz CT molecular complexity index is 1050. The van der Waals surface area contributed by atoms with Gasteiger partial charge in [0.1, 0.15) is 47.9 Å². The monoisotopic (exact) mass is 368 g/mol. The number of rotatable bonds is 3. The lowest BCUT2D eigenvalue weighted by atomic mass is 10.2. The largest absolute Gasteiger partial charge is 0.486 e. The van der Waals surface area contributed by atoms with E-state index < -0.39 is 30.2 Å². The molecule has 1 saturated carbocycles. The second-order valence-corrected chi connectivity index (χ2v) is 6.61. The fourth-order valence-electron chi connectivity index (χ4n) is 3.58. The Morgan fingerprint density at radius 3 is 2.85 bits per heavy atom. The van der Waals surface area contributed by atoms with Gasteiger partial charge < -0.3 is 19.5 Å². The van der Waals surface area contributed by atoms with E-state index in [2.05, 4.69) is 9.97 Å². The molecule has 0 saturated heterocycles. The van der Waals surface area contributed by atoms with Crippen LogP contribution in [0.3, 0.4) is 0 Å². The van der Waals surface area contributed by atoms with Crippen LogP contribution < -0.4 is 4.74 Å². The van der Waals surface area contributed by atoms with Crippen LogP contribution in [-0.2, 0) is 0 Å². The molecule has 27 heavy (non-hydrogen) atoms. The third-order valence-corrected chi connectivity index (χ3v) is 5.01. The van der Waals surface area contributed by atoms with Crippen molar-refractivity contribution in [3.63, 3.8) is 0 Å². The molecule has 138 valence electrons. The number of ether oxygens (including phenoxy) is 1. The van der Waals surface area contributed by atoms with E-state index in [1.807, 2.05) is 19.1 Å². The molecule has 2 heterocycles. The van der Waals surface area contributed by atoms with Gasteiger partial charge in [-0.2, -0.15) is 5.26 Å². The van der Waals surface area contributed by atoms with Crippen molar-refractivity contribution < 1.29 is 19.3 Å². The SMILES string of the molecule is Cc1ncnc2c1ccn2[C@@H]1C[C@H](Oc2ccc(F)cc2C#N)[C@@H](O)[C@H]1O. The second kappa shape index (κ2) is 6.61. The zero-order valence-corrected chi connectivity index (χ0v) is 14.5. The van der Waals surface area contributed by atoms with E-state index in [-0.39, 0.29) is 11.3 Å². The second-order valence-electron chi connectivity index (χ2n) is 6.61. The Balaban J connectivity index is 1.63. The average Bonchev–Trinajstić information content (AvgIpc) is 3.20. The normalized spacial score (nSPS) is 24.9. The summed E-state index contributed by atoms with van der Waals surface area (Å²) in [5.41, 5.74) is 1.53. The number of hydrogen-bond acceptors (Lipinski definition) is 6. The van der Waals surface area contributed by atoms with Gasteiger partial charge in [0.15, 0.2) is 0 Å². The molecule has 7 nitrogen and oxygen atoms in total. The van der Waals surface area contributed by atoms with Crippen LogP contribution in [0.25, 0.3) is 11.0 Å². The third kappa shape index (κ3) is 2.91. The highest BCUT2D eigenvalue weighted by Gasteiger charge is 2.44. The summed E-state index contributed by atoms with van der Waals surface area (Å²) in [6.07, 6.45) is 0.574. The molecule has 0 spiro atoms. The first kappa shape index (κ1) is 17.4. The van der Waals surface area contributed by atoms with Gasteiger partial charge in [-0.05, 0) is 31.2 Å². The van der Waals surface area contributed by atoms with Crippen LogP contribution in [0.1, 0.15) is 23.7 Å². The molecule has 1 fully saturated rings. The third-order valence-electron chi connectivity index (χ3n) is 5.01. The first-order valence-corrected chi connectivity index (χ1v) is 8.50. The Morgan fingerprint density at radius 1 is 1.26 bits per heavy atom. The number of aliphatic hydroxyl groups is 2. The maximum absolute atomic E-state index is 13.3. The van der Waals surface area contributed by atoms with Gasteiger partial charge in [-0.15, -0.1) is 0 Å². The van der Waals surface area contributed by atoms with Gasteiger partial charge in [0.2, 0.25) is 0 Å². The van der Waals surface area contributed by atoms with Crippen molar-refractivity contribution in [1.29, 1.82) is 5.26 Å². The van der Waals surface area contributed by atoms with Crippen molar-refractivity contribution >= 4 is 11.0 Å². The number of halogens is 1. The van der Waals surface area contributed by atoms with Crippen LogP contribution in [0.2, 0.25) is 0 Å². The van der Waals surface area contributed by atoms with Crippen LogP contribution in [0.5, 0.6) is 5.75 Å². The molecule has 2 aromatic heterocycles. The molecule has 0 aliphatic heterocycles. The van der Waals surface area contributed by atoms with E-state index in [4.69, 9.17) is 10.00 Å². The van der Waals surface area contributed by atoms with Crippen LogP contribution in [0.4, 0.5) is 4.39 Å². The fourth-order valence-corrected chi connectivity index (χ4v) is 3.58. The Labute approximate surface area is 154 Å². The quantitative estimate of drug-likeness (QED) is 0.731. The Morgan fingerprint density at radius 2 is 2.07 bits per heavy atom. The van der Waals surface area contributed by atoms with Gasteiger partial charge >= 0.3 is 0 Å². The van der Waals surface area contributed by atoms with Gasteiger partial charge in [-0.1, -0.05) is 0 Å². The summed E-state index contributed by atoms with van der Waals surface area (Å²) in [5, 5.41) is 31.0. The lowest BCUT2D eigenvalue weighted by Crippen LogP contribution is -2.34. The number of benzene rings is 1. The number of nitriles is 1. The minimum atomic E-state index is -1.16. The molecule has 0 amide bonds. The summed E-state index contributed by atoms with van der Waals surface area (Å²) in [4.78, 5) is 8.44. The van der Waals surface area contributed by atoms with Crippen molar-refractivity contribution in [1.82, 2.24) is 14.5 Å². The van der Waals surface area contributed by atoms with Crippen LogP contribution in [0.15, 0.2) is 36.8 Å². The van der Waals surface area contributed by atoms with Gasteiger partial charge in [-0.25, -0.2) is 14.4 Å². The van der Waals surface area contributed by atoms with Crippen molar-refractivity contribution in [3.05, 3.63) is 53.9 Å². The summed E-state index contributed by atoms with van der Waals surface area (Å²) >= 11 is 0. The number of aliphatic hydroxyl groups excluding tert-OH is 2. The molecular weight excluding hydrogens is 351 g/mol. The molecule has 1 aliphatic carbocycles. The predicted molar refractivity (Wildman–Crippen MR) is 93.5 cm³/mol. The molecule has 3 aromatic rings. The van der Waals surface area contributed by atoms with E-state index in [1.54, 1.807) is 10.8 Å². The van der Waals surface area contributed by atoms with E-state index in [0.717, 1.165) is 17.1 Å². The zero-order valence-electron chi connectivity index (χ0n) is 14.5. The van der Waals surface area contributed by atoms with Crippen molar-refractivity contribution in [2.45, 2.75) is 37.7 Å². The molecule has 0 bridgehead atoms. The number of hydrogen-bond donors (Lipinski definition) is 2. The molecule has 1 aromatic carbocycles. The molecule has 0 unspecified atom stereocenters. The predicted octanol–water partition coefficient (Wildman–Crippen LogP) is 1.86. The molecule has 8 heteroatoms. The zero-order chi connectivity index (χ0) is 19.1. The van der Waals surface area contributed by atoms with Crippen LogP contribution in [0, 0.1) is 24.1 Å². The first-order valence-electron chi connectivity index (χ1n) is 8.50. The molecule has 2 N–H and O–H groups in total. The molecule has 4 rings (SSSR count). The summed E-state index contributed by atoms with van der Waals surface area (Å²) in [7, 11) is 0. The number of nitrogens with zero attached hydrogens (tertiary/aromatic N) is 4. The van der Waals surface area contributed by atoms with E-state index in [9.17, 15) is 14.6 Å². The number of aryl methyl sites for hydroxylation is 1. The highest BCUT2D eigenvalue weighted by Crippen LogP contribution is 2.36. The number of aromatic nitrogens is 3. The van der Waals surface area contributed by atoms with Crippen molar-refractivity contribution in [2.24, 2.45) is 0 Å². The van der Waals surface area contributed by atoms with Gasteiger partial charge in [0.05, 0.1) is 17.3 Å². The van der Waals surface area contributed by atoms with Gasteiger partial charge in [0.25, 0.3) is 0 Å². The standard InChI is InChI=1S/C19H17FN4O3/c1-10-13-4-5-24(19(13)23-9-22-10)14-7-16(18(26)17(14)25)27-15-3-2-12(20)6-11(15)8-21/h2-6,9,14,16-18,25-26H,7H2,1H3/t14-,16+,17+,18-/m1/s1. The fraction of sp³-hybridized carbons (Fsp3) is 0.316. The average molecular weight is 368 g/mol. The Kier molecular flexibility index (Phi) is 4.26. The summed E-state index contributed by atoms with van der Waals surface area (Å²) in [6, 6.07) is 6.89. The maximum Gasteiger partial charge on any atom is 0.143 e. The smallest absolute Gasteiger partial charge is 0.143 e. The van der Waals surface area contributed by atoms with Gasteiger partial charge in [0, 0.05) is 18.0 Å². The number of fused-ring (bicyclic) bond motifs is 1. The maximum atomic E-state index is 13.3. The first-order chi connectivity index (χ1) is 13.0. The Hall–Kier alpha value is -3.02. The minimum Gasteiger partial charge on any atom is -0.486 e. The highest BCUT2D eigenvalue weighted by molar-refractivity contribution is 5.78. The summed E-state index contributed by atoms with van der Waals surface area (Å²) in [6.45, 7) is 1.87. The summed E-state index contributed by atoms with van der Waals surface area (Å²) in [5.74, 6) is -0.371. The van der Waals surface area contributed by atoms with Crippen molar-refractivity contribution in [3.8, 4) is 11.8 Å². The molecule has 4 atom stereocenters. The molecule has 0 radical (unpaired) electrons. The summed E-state index contributed by atoms with van der Waals surface area (Å²) < 4.78 is 20.9. The van der Waals surface area contributed by atoms with Gasteiger partial charge in [-0.3, -0.25) is 0 Å².